The highest BCUT2D eigenvalue weighted by molar-refractivity contribution is 5.96. The van der Waals surface area contributed by atoms with Crippen molar-refractivity contribution in [3.63, 3.8) is 0 Å². The summed E-state index contributed by atoms with van der Waals surface area (Å²) in [6.07, 6.45) is -0.162. The number of esters is 1. The quantitative estimate of drug-likeness (QED) is 0.138. The highest BCUT2D eigenvalue weighted by Gasteiger charge is 2.72. The molecule has 1 saturated carbocycles. The van der Waals surface area contributed by atoms with Gasteiger partial charge in [0.1, 0.15) is 11.9 Å². The summed E-state index contributed by atoms with van der Waals surface area (Å²) in [4.78, 5) is 26.2. The lowest BCUT2D eigenvalue weighted by molar-refractivity contribution is -0.948. The zero-order chi connectivity index (χ0) is 31.7. The van der Waals surface area contributed by atoms with E-state index in [2.05, 4.69) is 30.9 Å². The van der Waals surface area contributed by atoms with Crippen molar-refractivity contribution in [3.8, 4) is 0 Å². The second-order valence-corrected chi connectivity index (χ2v) is 13.6. The molecule has 2 aliphatic heterocycles. The van der Waals surface area contributed by atoms with E-state index in [-0.39, 0.29) is 23.8 Å². The van der Waals surface area contributed by atoms with Crippen LogP contribution >= 0.6 is 0 Å². The Labute approximate surface area is 255 Å². The molecule has 238 valence electrons. The fraction of sp³-hybridized carbons (Fsp3) is 0.576. The maximum absolute atomic E-state index is 13.7. The molecule has 8 nitrogen and oxygen atoms in total. The molecule has 1 aromatic carbocycles. The Hall–Kier alpha value is -3.31. The number of nitrogens with zero attached hydrogens (tertiary/aromatic N) is 1. The number of alkyl halides is 3. The van der Waals surface area contributed by atoms with Gasteiger partial charge in [-0.15, -0.1) is 13.2 Å². The minimum Gasteiger partial charge on any atom is -0.508 e. The van der Waals surface area contributed by atoms with Crippen molar-refractivity contribution in [3.05, 3.63) is 64.6 Å². The summed E-state index contributed by atoms with van der Waals surface area (Å²) in [5.74, 6) is -2.53. The van der Waals surface area contributed by atoms with Crippen LogP contribution in [-0.4, -0.2) is 71.9 Å². The standard InChI is InChI=1S/C33H39F3N2O6/c1-19(2)18-38(4)14-13-31-23-11-8-12-27(31)42-29-28(31)22(16-24(23)38)25(40)17-32(29,43-20(3)39)37-30(41)26(44-33(34,35)36)15-21-9-6-5-7-10-21/h5-7,9-10,15,17,19,23-24,27,29H,8,11-14,16,18H2,1-4H3,(H-,37,40,41)/p+1/t23-,24+,27-,29?,31+,32?,38?/m0/s1. The van der Waals surface area contributed by atoms with Gasteiger partial charge < -0.3 is 29.1 Å². The van der Waals surface area contributed by atoms with Gasteiger partial charge in [0.05, 0.1) is 32.3 Å². The van der Waals surface area contributed by atoms with Gasteiger partial charge in [-0.1, -0.05) is 50.6 Å². The van der Waals surface area contributed by atoms with Crippen molar-refractivity contribution < 1.29 is 46.6 Å². The third kappa shape index (κ3) is 5.01. The molecule has 0 radical (unpaired) electrons. The Balaban J connectivity index is 1.44. The van der Waals surface area contributed by atoms with Gasteiger partial charge in [-0.2, -0.15) is 0 Å². The van der Waals surface area contributed by atoms with Crippen LogP contribution in [0.25, 0.3) is 6.08 Å². The van der Waals surface area contributed by atoms with Crippen molar-refractivity contribution >= 4 is 18.0 Å². The molecule has 6 rings (SSSR count). The normalized spacial score (nSPS) is 36.0. The van der Waals surface area contributed by atoms with E-state index >= 15 is 0 Å². The topological polar surface area (TPSA) is 94.1 Å². The first-order valence-electron chi connectivity index (χ1n) is 15.4. The van der Waals surface area contributed by atoms with Crippen LogP contribution in [-0.2, 0) is 23.8 Å². The number of quaternary nitrogens is 1. The molecular formula is C33H40F3N2O6+. The van der Waals surface area contributed by atoms with Crippen LogP contribution in [0.1, 0.15) is 58.4 Å². The van der Waals surface area contributed by atoms with Gasteiger partial charge in [-0.3, -0.25) is 9.59 Å². The number of ether oxygens (including phenoxy) is 3. The zero-order valence-electron chi connectivity index (χ0n) is 25.4. The summed E-state index contributed by atoms with van der Waals surface area (Å²) < 4.78 is 58.1. The molecule has 7 atom stereocenters. The van der Waals surface area contributed by atoms with Crippen molar-refractivity contribution in [1.29, 1.82) is 0 Å². The van der Waals surface area contributed by atoms with Gasteiger partial charge in [0.2, 0.25) is 5.72 Å². The van der Waals surface area contributed by atoms with E-state index < -0.39 is 41.2 Å². The number of benzene rings is 1. The van der Waals surface area contributed by atoms with Crippen LogP contribution in [0, 0.1) is 17.3 Å². The first kappa shape index (κ1) is 30.7. The molecule has 3 aliphatic carbocycles. The molecule has 2 saturated heterocycles. The van der Waals surface area contributed by atoms with Crippen molar-refractivity contribution in [2.75, 3.05) is 20.1 Å². The molecule has 2 bridgehead atoms. The van der Waals surface area contributed by atoms with Crippen LogP contribution in [0.5, 0.6) is 0 Å². The summed E-state index contributed by atoms with van der Waals surface area (Å²) in [6, 6.07) is 8.21. The van der Waals surface area contributed by atoms with E-state index in [1.807, 2.05) is 0 Å². The molecule has 1 aromatic rings. The molecule has 44 heavy (non-hydrogen) atoms. The van der Waals surface area contributed by atoms with Gasteiger partial charge in [0, 0.05) is 48.7 Å². The van der Waals surface area contributed by atoms with Crippen molar-refractivity contribution in [2.45, 2.75) is 83.2 Å². The number of rotatable bonds is 7. The highest BCUT2D eigenvalue weighted by Crippen LogP contribution is 2.67. The minimum absolute atomic E-state index is 0.154. The third-order valence-corrected chi connectivity index (χ3v) is 10.3. The fourth-order valence-electron chi connectivity index (χ4n) is 9.13. The molecular weight excluding hydrogens is 577 g/mol. The fourth-order valence-corrected chi connectivity index (χ4v) is 9.13. The number of nitrogens with one attached hydrogen (secondary N) is 1. The number of aliphatic hydroxyl groups is 1. The van der Waals surface area contributed by atoms with Crippen molar-refractivity contribution in [1.82, 2.24) is 5.32 Å². The van der Waals surface area contributed by atoms with E-state index in [1.165, 1.54) is 18.2 Å². The Bertz CT molecular complexity index is 1440. The maximum atomic E-state index is 13.7. The molecule has 3 unspecified atom stereocenters. The molecule has 11 heteroatoms. The van der Waals surface area contributed by atoms with Gasteiger partial charge >= 0.3 is 12.3 Å². The largest absolute Gasteiger partial charge is 0.573 e. The second kappa shape index (κ2) is 10.7. The number of halogens is 3. The monoisotopic (exact) mass is 617 g/mol. The smallest absolute Gasteiger partial charge is 0.508 e. The number of amides is 1. The summed E-state index contributed by atoms with van der Waals surface area (Å²) in [5.41, 5.74) is -0.681. The molecule has 1 amide bonds. The minimum atomic E-state index is -5.17. The Morgan fingerprint density at radius 1 is 1.23 bits per heavy atom. The SMILES string of the molecule is CC(=O)OC1(NC(=O)C(=Cc2ccccc2)OC(F)(F)F)C=C(O)C2=C3C1O[C@H]1CCC[C@H]4[C@@H](C2)[N+](C)(CC(C)C)CC[C@]314. The van der Waals surface area contributed by atoms with E-state index in [4.69, 9.17) is 9.47 Å². The number of hydrogen-bond donors (Lipinski definition) is 2. The van der Waals surface area contributed by atoms with Gasteiger partial charge in [0.25, 0.3) is 5.91 Å². The van der Waals surface area contributed by atoms with Gasteiger partial charge in [0.15, 0.2) is 5.76 Å². The van der Waals surface area contributed by atoms with Gasteiger partial charge in [-0.05, 0) is 30.1 Å². The number of carbonyl (C=O) groups is 2. The zero-order valence-corrected chi connectivity index (χ0v) is 25.4. The first-order valence-corrected chi connectivity index (χ1v) is 15.4. The van der Waals surface area contributed by atoms with Gasteiger partial charge in [-0.25, -0.2) is 0 Å². The predicted octanol–water partition coefficient (Wildman–Crippen LogP) is 5.52. The summed E-state index contributed by atoms with van der Waals surface area (Å²) >= 11 is 0. The molecule has 5 aliphatic rings. The van der Waals surface area contributed by atoms with E-state index in [1.54, 1.807) is 18.2 Å². The van der Waals surface area contributed by atoms with Crippen LogP contribution in [0.15, 0.2) is 59.1 Å². The third-order valence-electron chi connectivity index (χ3n) is 10.3. The average Bonchev–Trinajstić information content (AvgIpc) is 3.26. The van der Waals surface area contributed by atoms with Crippen LogP contribution in [0.4, 0.5) is 13.2 Å². The molecule has 1 spiro atoms. The lowest BCUT2D eigenvalue weighted by atomic mass is 9.49. The average molecular weight is 618 g/mol. The first-order chi connectivity index (χ1) is 20.7. The van der Waals surface area contributed by atoms with Crippen LogP contribution in [0.2, 0.25) is 0 Å². The molecule has 2 heterocycles. The highest BCUT2D eigenvalue weighted by atomic mass is 19.4. The number of carbonyl (C=O) groups excluding carboxylic acids is 2. The number of aliphatic hydroxyl groups excluding tert-OH is 1. The van der Waals surface area contributed by atoms with Crippen molar-refractivity contribution in [2.24, 2.45) is 17.3 Å². The molecule has 2 N–H and O–H groups in total. The number of piperidine rings is 1. The lowest BCUT2D eigenvalue weighted by Crippen LogP contribution is -2.70. The number of likely N-dealkylation sites (tertiary alicyclic amines) is 1. The molecule has 0 aromatic heterocycles. The maximum Gasteiger partial charge on any atom is 0.573 e. The summed E-state index contributed by atoms with van der Waals surface area (Å²) in [7, 11) is 2.30. The molecule has 3 fully saturated rings. The van der Waals surface area contributed by atoms with E-state index in [0.29, 0.717) is 17.9 Å². The summed E-state index contributed by atoms with van der Waals surface area (Å²) in [6.45, 7) is 7.49. The van der Waals surface area contributed by atoms with E-state index in [0.717, 1.165) is 67.4 Å². The second-order valence-electron chi connectivity index (χ2n) is 13.6. The lowest BCUT2D eigenvalue weighted by Gasteiger charge is -2.62. The van der Waals surface area contributed by atoms with E-state index in [9.17, 15) is 27.9 Å². The Morgan fingerprint density at radius 3 is 2.61 bits per heavy atom. The summed E-state index contributed by atoms with van der Waals surface area (Å²) in [5, 5.41) is 14.1. The number of hydrogen-bond acceptors (Lipinski definition) is 6. The van der Waals surface area contributed by atoms with Crippen LogP contribution in [0.3, 0.4) is 0 Å². The predicted molar refractivity (Wildman–Crippen MR) is 154 cm³/mol. The Morgan fingerprint density at radius 2 is 1.95 bits per heavy atom. The number of allylic oxidation sites excluding steroid dienone is 1. The van der Waals surface area contributed by atoms with Crippen LogP contribution < -0.4 is 5.32 Å². The Kier molecular flexibility index (Phi) is 7.43.